The molecule has 21 heavy (non-hydrogen) atoms. The van der Waals surface area contributed by atoms with Crippen LogP contribution in [0.25, 0.3) is 0 Å². The summed E-state index contributed by atoms with van der Waals surface area (Å²) < 4.78 is 1.84. The summed E-state index contributed by atoms with van der Waals surface area (Å²) in [6.45, 7) is 3.51. The fourth-order valence-electron chi connectivity index (χ4n) is 3.34. The molecule has 114 valence electrons. The van der Waals surface area contributed by atoms with E-state index in [4.69, 9.17) is 0 Å². The van der Waals surface area contributed by atoms with E-state index in [0.29, 0.717) is 11.6 Å². The Hall–Kier alpha value is -1.78. The van der Waals surface area contributed by atoms with E-state index < -0.39 is 5.97 Å². The van der Waals surface area contributed by atoms with Crippen LogP contribution in [0, 0.1) is 11.8 Å². The van der Waals surface area contributed by atoms with E-state index in [-0.39, 0.29) is 17.9 Å². The largest absolute Gasteiger partial charge is 0.477 e. The van der Waals surface area contributed by atoms with Crippen LogP contribution >= 0.6 is 0 Å². The van der Waals surface area contributed by atoms with Gasteiger partial charge in [-0.3, -0.25) is 4.79 Å². The highest BCUT2D eigenvalue weighted by Gasteiger charge is 2.36. The van der Waals surface area contributed by atoms with Gasteiger partial charge in [0.1, 0.15) is 5.69 Å². The lowest BCUT2D eigenvalue weighted by molar-refractivity contribution is -0.137. The van der Waals surface area contributed by atoms with Crippen molar-refractivity contribution in [2.75, 3.05) is 13.1 Å². The van der Waals surface area contributed by atoms with Gasteiger partial charge in [-0.2, -0.15) is 0 Å². The van der Waals surface area contributed by atoms with Crippen molar-refractivity contribution in [1.29, 1.82) is 0 Å². The van der Waals surface area contributed by atoms with Crippen LogP contribution in [-0.2, 0) is 4.79 Å². The Morgan fingerprint density at radius 1 is 1.24 bits per heavy atom. The van der Waals surface area contributed by atoms with Crippen LogP contribution in [0.5, 0.6) is 0 Å². The van der Waals surface area contributed by atoms with Gasteiger partial charge in [0.15, 0.2) is 0 Å². The van der Waals surface area contributed by atoms with Gasteiger partial charge in [-0.1, -0.05) is 6.92 Å². The van der Waals surface area contributed by atoms with Crippen LogP contribution in [0.15, 0.2) is 18.3 Å². The number of hydrogen-bond donors (Lipinski definition) is 1. The van der Waals surface area contributed by atoms with E-state index in [1.165, 1.54) is 12.8 Å². The van der Waals surface area contributed by atoms with Gasteiger partial charge in [0.2, 0.25) is 5.91 Å². The first-order chi connectivity index (χ1) is 10.1. The lowest BCUT2D eigenvalue weighted by atomic mass is 10.00. The number of carboxylic acids is 1. The zero-order chi connectivity index (χ0) is 15.0. The van der Waals surface area contributed by atoms with E-state index in [2.05, 4.69) is 0 Å². The topological polar surface area (TPSA) is 62.5 Å². The van der Waals surface area contributed by atoms with Gasteiger partial charge in [-0.25, -0.2) is 4.79 Å². The average molecular weight is 290 g/mol. The maximum Gasteiger partial charge on any atom is 0.352 e. The highest BCUT2D eigenvalue weighted by atomic mass is 16.4. The number of carboxylic acid groups (broad SMARTS) is 1. The number of piperidine rings is 1. The number of hydrogen-bond acceptors (Lipinski definition) is 2. The molecule has 1 aromatic rings. The van der Waals surface area contributed by atoms with Crippen molar-refractivity contribution in [3.05, 3.63) is 24.0 Å². The number of aromatic nitrogens is 1. The Labute approximate surface area is 124 Å². The summed E-state index contributed by atoms with van der Waals surface area (Å²) in [5, 5.41) is 9.18. The van der Waals surface area contributed by atoms with E-state index >= 15 is 0 Å². The van der Waals surface area contributed by atoms with Crippen molar-refractivity contribution in [2.24, 2.45) is 11.8 Å². The Bertz CT molecular complexity index is 539. The normalized spacial score (nSPS) is 21.3. The van der Waals surface area contributed by atoms with Crippen molar-refractivity contribution < 1.29 is 14.7 Å². The average Bonchev–Trinajstić information content (AvgIpc) is 3.22. The fourth-order valence-corrected chi connectivity index (χ4v) is 3.34. The van der Waals surface area contributed by atoms with Gasteiger partial charge in [0, 0.05) is 31.2 Å². The molecule has 1 saturated carbocycles. The summed E-state index contributed by atoms with van der Waals surface area (Å²) in [6, 6.07) is 3.59. The van der Waals surface area contributed by atoms with Gasteiger partial charge in [-0.05, 0) is 43.7 Å². The zero-order valence-electron chi connectivity index (χ0n) is 12.4. The predicted octanol–water partition coefficient (Wildman–Crippen LogP) is 2.40. The van der Waals surface area contributed by atoms with Crippen molar-refractivity contribution in [3.63, 3.8) is 0 Å². The second-order valence-corrected chi connectivity index (χ2v) is 6.29. The lowest BCUT2D eigenvalue weighted by Crippen LogP contribution is -2.42. The summed E-state index contributed by atoms with van der Waals surface area (Å²) in [5.74, 6) is 0.142. The molecule has 2 heterocycles. The third-order valence-corrected chi connectivity index (χ3v) is 4.89. The second kappa shape index (κ2) is 5.54. The molecule has 1 aliphatic heterocycles. The molecule has 0 spiro atoms. The van der Waals surface area contributed by atoms with Crippen LogP contribution in [0.2, 0.25) is 0 Å². The predicted molar refractivity (Wildman–Crippen MR) is 78.1 cm³/mol. The minimum Gasteiger partial charge on any atom is -0.477 e. The summed E-state index contributed by atoms with van der Waals surface area (Å²) in [5.41, 5.74) is 0.339. The second-order valence-electron chi connectivity index (χ2n) is 6.29. The van der Waals surface area contributed by atoms with E-state index in [1.807, 2.05) is 22.6 Å². The molecule has 0 bridgehead atoms. The number of amides is 1. The maximum atomic E-state index is 12.4. The van der Waals surface area contributed by atoms with E-state index in [9.17, 15) is 14.7 Å². The van der Waals surface area contributed by atoms with Gasteiger partial charge >= 0.3 is 5.97 Å². The molecule has 1 saturated heterocycles. The SMILES string of the molecule is CC(C(=O)N1CCC(n2cccc2C(=O)O)CC1)C1CC1. The molecule has 1 amide bonds. The molecule has 1 atom stereocenters. The maximum absolute atomic E-state index is 12.4. The smallest absolute Gasteiger partial charge is 0.352 e. The molecule has 2 aliphatic rings. The summed E-state index contributed by atoms with van der Waals surface area (Å²) >= 11 is 0. The van der Waals surface area contributed by atoms with Crippen molar-refractivity contribution in [3.8, 4) is 0 Å². The highest BCUT2D eigenvalue weighted by molar-refractivity contribution is 5.85. The summed E-state index contributed by atoms with van der Waals surface area (Å²) in [6.07, 6.45) is 5.87. The summed E-state index contributed by atoms with van der Waals surface area (Å²) in [7, 11) is 0. The third-order valence-electron chi connectivity index (χ3n) is 4.89. The molecule has 2 fully saturated rings. The molecular formula is C16H22N2O3. The molecule has 5 heteroatoms. The molecule has 1 aromatic heterocycles. The number of carbonyl (C=O) groups excluding carboxylic acids is 1. The molecule has 1 unspecified atom stereocenters. The molecule has 5 nitrogen and oxygen atoms in total. The Morgan fingerprint density at radius 3 is 2.48 bits per heavy atom. The van der Waals surface area contributed by atoms with Crippen molar-refractivity contribution in [2.45, 2.75) is 38.6 Å². The highest BCUT2D eigenvalue weighted by Crippen LogP contribution is 2.38. The Balaban J connectivity index is 1.61. The van der Waals surface area contributed by atoms with Crippen LogP contribution in [0.1, 0.15) is 49.1 Å². The Morgan fingerprint density at radius 2 is 1.90 bits per heavy atom. The summed E-state index contributed by atoms with van der Waals surface area (Å²) in [4.78, 5) is 25.5. The van der Waals surface area contributed by atoms with Gasteiger partial charge in [0.05, 0.1) is 0 Å². The van der Waals surface area contributed by atoms with Crippen molar-refractivity contribution in [1.82, 2.24) is 9.47 Å². The number of rotatable bonds is 4. The van der Waals surface area contributed by atoms with Gasteiger partial charge in [-0.15, -0.1) is 0 Å². The molecule has 1 N–H and O–H groups in total. The first kappa shape index (κ1) is 14.2. The number of carbonyl (C=O) groups is 2. The van der Waals surface area contributed by atoms with Crippen LogP contribution in [0.3, 0.4) is 0 Å². The fraction of sp³-hybridized carbons (Fsp3) is 0.625. The quantitative estimate of drug-likeness (QED) is 0.926. The van der Waals surface area contributed by atoms with Crippen molar-refractivity contribution >= 4 is 11.9 Å². The minimum absolute atomic E-state index is 0.155. The van der Waals surface area contributed by atoms with E-state index in [0.717, 1.165) is 25.9 Å². The first-order valence-electron chi connectivity index (χ1n) is 7.77. The van der Waals surface area contributed by atoms with Crippen LogP contribution < -0.4 is 0 Å². The first-order valence-corrected chi connectivity index (χ1v) is 7.77. The molecule has 1 aliphatic carbocycles. The van der Waals surface area contributed by atoms with E-state index in [1.54, 1.807) is 12.1 Å². The van der Waals surface area contributed by atoms with Crippen LogP contribution in [0.4, 0.5) is 0 Å². The number of aromatic carboxylic acids is 1. The zero-order valence-corrected chi connectivity index (χ0v) is 12.4. The minimum atomic E-state index is -0.888. The molecule has 0 radical (unpaired) electrons. The number of likely N-dealkylation sites (tertiary alicyclic amines) is 1. The standard InChI is InChI=1S/C16H22N2O3/c1-11(12-4-5-12)15(19)17-9-6-13(7-10-17)18-8-2-3-14(18)16(20)21/h2-3,8,11-13H,4-7,9-10H2,1H3,(H,20,21). The lowest BCUT2D eigenvalue weighted by Gasteiger charge is -2.34. The third kappa shape index (κ3) is 2.82. The molecule has 3 rings (SSSR count). The van der Waals surface area contributed by atoms with Gasteiger partial charge < -0.3 is 14.6 Å². The Kier molecular flexibility index (Phi) is 3.74. The number of nitrogens with zero attached hydrogens (tertiary/aromatic N) is 2. The molecular weight excluding hydrogens is 268 g/mol. The van der Waals surface area contributed by atoms with Crippen LogP contribution in [-0.4, -0.2) is 39.5 Å². The van der Waals surface area contributed by atoms with Gasteiger partial charge in [0.25, 0.3) is 0 Å². The monoisotopic (exact) mass is 290 g/mol. The molecule has 0 aromatic carbocycles.